The highest BCUT2D eigenvalue weighted by Crippen LogP contribution is 2.54. The molecule has 3 atom stereocenters. The number of nitrogens with one attached hydrogen (secondary N) is 1. The number of ether oxygens (including phenoxy) is 1. The molecule has 1 N–H and O–H groups in total. The van der Waals surface area contributed by atoms with Crippen molar-refractivity contribution in [2.24, 2.45) is 5.92 Å². The van der Waals surface area contributed by atoms with Crippen molar-refractivity contribution in [3.8, 4) is 5.75 Å². The number of anilines is 1. The van der Waals surface area contributed by atoms with Crippen LogP contribution in [0.5, 0.6) is 5.75 Å². The van der Waals surface area contributed by atoms with E-state index in [1.165, 1.54) is 16.7 Å². The molecule has 3 aromatic carbocycles. The maximum atomic E-state index is 13.9. The van der Waals surface area contributed by atoms with Crippen LogP contribution >= 0.6 is 46.3 Å². The fraction of sp³-hybridized carbons (Fsp3) is 0.148. The minimum Gasteiger partial charge on any atom is -0.489 e. The Kier molecular flexibility index (Phi) is 6.36. The molecule has 2 amide bonds. The van der Waals surface area contributed by atoms with Crippen molar-refractivity contribution in [1.82, 2.24) is 4.98 Å². The normalized spacial score (nSPS) is 20.6. The van der Waals surface area contributed by atoms with Crippen LogP contribution in [0.1, 0.15) is 21.9 Å². The molecule has 1 saturated heterocycles. The third-order valence-electron chi connectivity index (χ3n) is 6.47. The SMILES string of the molecule is O=C1[C@H]2[C@H](c3ccccc3OCc3ccc(Cl)cc3)c3sc(=O)[nH]c3S[C@H]2C(=O)N1c1ccc(Cl)cc1. The van der Waals surface area contributed by atoms with Gasteiger partial charge in [-0.15, -0.1) is 0 Å². The molecule has 0 saturated carbocycles. The van der Waals surface area contributed by atoms with Crippen LogP contribution in [0.4, 0.5) is 5.69 Å². The Labute approximate surface area is 230 Å². The minimum absolute atomic E-state index is 0.225. The molecule has 0 radical (unpaired) electrons. The first-order chi connectivity index (χ1) is 17.9. The van der Waals surface area contributed by atoms with E-state index in [9.17, 15) is 14.4 Å². The summed E-state index contributed by atoms with van der Waals surface area (Å²) in [6.45, 7) is 0.295. The molecule has 186 valence electrons. The number of para-hydroxylation sites is 1. The Morgan fingerprint density at radius 2 is 1.54 bits per heavy atom. The Bertz CT molecular complexity index is 1570. The summed E-state index contributed by atoms with van der Waals surface area (Å²) in [6.07, 6.45) is 0. The van der Waals surface area contributed by atoms with Crippen molar-refractivity contribution in [3.63, 3.8) is 0 Å². The second-order valence-electron chi connectivity index (χ2n) is 8.69. The first-order valence-corrected chi connectivity index (χ1v) is 13.8. The summed E-state index contributed by atoms with van der Waals surface area (Å²) in [5, 5.41) is 1.08. The van der Waals surface area contributed by atoms with Gasteiger partial charge in [0.25, 0.3) is 0 Å². The van der Waals surface area contributed by atoms with E-state index < -0.39 is 17.1 Å². The molecule has 6 nitrogen and oxygen atoms in total. The van der Waals surface area contributed by atoms with Crippen LogP contribution in [0, 0.1) is 5.92 Å². The van der Waals surface area contributed by atoms with Crippen molar-refractivity contribution in [2.45, 2.75) is 22.8 Å². The zero-order chi connectivity index (χ0) is 25.7. The highest BCUT2D eigenvalue weighted by atomic mass is 35.5. The predicted molar refractivity (Wildman–Crippen MR) is 146 cm³/mol. The van der Waals surface area contributed by atoms with Crippen molar-refractivity contribution < 1.29 is 14.3 Å². The fourth-order valence-corrected chi connectivity index (χ4v) is 7.57. The molecule has 2 aliphatic heterocycles. The molecule has 0 unspecified atom stereocenters. The lowest BCUT2D eigenvalue weighted by molar-refractivity contribution is -0.122. The zero-order valence-corrected chi connectivity index (χ0v) is 22.2. The molecule has 2 aliphatic rings. The number of hydrogen-bond acceptors (Lipinski definition) is 6. The number of amides is 2. The number of nitrogens with zero attached hydrogens (tertiary/aromatic N) is 1. The van der Waals surface area contributed by atoms with Crippen molar-refractivity contribution >= 4 is 63.8 Å². The summed E-state index contributed by atoms with van der Waals surface area (Å²) in [6, 6.07) is 21.5. The van der Waals surface area contributed by atoms with E-state index in [1.54, 1.807) is 36.4 Å². The number of halogens is 2. The number of fused-ring (bicyclic) bond motifs is 2. The molecule has 1 fully saturated rings. The second kappa shape index (κ2) is 9.68. The summed E-state index contributed by atoms with van der Waals surface area (Å²) < 4.78 is 6.22. The third-order valence-corrected chi connectivity index (χ3v) is 9.38. The molecule has 0 aliphatic carbocycles. The number of imide groups is 1. The number of aromatic amines is 1. The average molecular weight is 569 g/mol. The Balaban J connectivity index is 1.41. The van der Waals surface area contributed by atoms with Crippen LogP contribution in [0.2, 0.25) is 10.0 Å². The number of carbonyl (C=O) groups excluding carboxylic acids is 2. The standard InChI is InChI=1S/C27H18Cl2N2O4S2/c28-15-7-5-14(6-8-15)13-35-19-4-2-1-3-18(19)20-21-23(36-24-22(20)37-27(34)30-24)26(33)31(25(21)32)17-11-9-16(29)10-12-17/h1-12,20-21,23H,13H2,(H,30,34)/t20-,21-,23+/m0/s1. The lowest BCUT2D eigenvalue weighted by atomic mass is 9.82. The van der Waals surface area contributed by atoms with Gasteiger partial charge in [-0.3, -0.25) is 14.4 Å². The first-order valence-electron chi connectivity index (χ1n) is 11.4. The monoisotopic (exact) mass is 568 g/mol. The van der Waals surface area contributed by atoms with Crippen molar-refractivity contribution in [3.05, 3.63) is 109 Å². The number of aromatic nitrogens is 1. The van der Waals surface area contributed by atoms with Crippen LogP contribution in [-0.2, 0) is 16.2 Å². The average Bonchev–Trinajstić information content (AvgIpc) is 3.39. The van der Waals surface area contributed by atoms with Gasteiger partial charge in [0.05, 0.1) is 16.6 Å². The van der Waals surface area contributed by atoms with Gasteiger partial charge in [0.1, 0.15) is 17.6 Å². The smallest absolute Gasteiger partial charge is 0.305 e. The van der Waals surface area contributed by atoms with Crippen LogP contribution < -0.4 is 14.5 Å². The van der Waals surface area contributed by atoms with Crippen LogP contribution in [0.25, 0.3) is 0 Å². The zero-order valence-electron chi connectivity index (χ0n) is 19.0. The summed E-state index contributed by atoms with van der Waals surface area (Å²) in [5.74, 6) is -1.27. The Morgan fingerprint density at radius 1 is 0.865 bits per heavy atom. The predicted octanol–water partition coefficient (Wildman–Crippen LogP) is 6.12. The highest BCUT2D eigenvalue weighted by Gasteiger charge is 2.56. The second-order valence-corrected chi connectivity index (χ2v) is 11.7. The minimum atomic E-state index is -0.701. The van der Waals surface area contributed by atoms with Gasteiger partial charge in [0.2, 0.25) is 11.8 Å². The lowest BCUT2D eigenvalue weighted by Crippen LogP contribution is -2.32. The van der Waals surface area contributed by atoms with E-state index in [4.69, 9.17) is 27.9 Å². The molecule has 3 heterocycles. The molecule has 37 heavy (non-hydrogen) atoms. The lowest BCUT2D eigenvalue weighted by Gasteiger charge is -2.30. The molecule has 6 rings (SSSR count). The molecule has 10 heteroatoms. The van der Waals surface area contributed by atoms with Gasteiger partial charge >= 0.3 is 4.87 Å². The van der Waals surface area contributed by atoms with Crippen LogP contribution in [-0.4, -0.2) is 22.0 Å². The molecular weight excluding hydrogens is 551 g/mol. The number of benzene rings is 3. The van der Waals surface area contributed by atoms with Gasteiger partial charge in [-0.05, 0) is 48.0 Å². The van der Waals surface area contributed by atoms with E-state index in [2.05, 4.69) is 4.98 Å². The van der Waals surface area contributed by atoms with E-state index >= 15 is 0 Å². The molecule has 0 spiro atoms. The summed E-state index contributed by atoms with van der Waals surface area (Å²) >= 11 is 14.3. The van der Waals surface area contributed by atoms with E-state index in [0.29, 0.717) is 33.1 Å². The van der Waals surface area contributed by atoms with E-state index in [-0.39, 0.29) is 16.7 Å². The Hall–Kier alpha value is -3.04. The number of hydrogen-bond donors (Lipinski definition) is 1. The van der Waals surface area contributed by atoms with Crippen molar-refractivity contribution in [1.29, 1.82) is 0 Å². The number of thioether (sulfide) groups is 1. The van der Waals surface area contributed by atoms with Crippen LogP contribution in [0.3, 0.4) is 0 Å². The summed E-state index contributed by atoms with van der Waals surface area (Å²) in [7, 11) is 0. The fourth-order valence-electron chi connectivity index (χ4n) is 4.81. The van der Waals surface area contributed by atoms with Gasteiger partial charge in [0.15, 0.2) is 0 Å². The maximum Gasteiger partial charge on any atom is 0.305 e. The van der Waals surface area contributed by atoms with Gasteiger partial charge in [-0.25, -0.2) is 4.90 Å². The topological polar surface area (TPSA) is 79.5 Å². The number of H-pyrrole nitrogens is 1. The maximum absolute atomic E-state index is 13.9. The summed E-state index contributed by atoms with van der Waals surface area (Å²) in [5.41, 5.74) is 2.16. The molecule has 4 aromatic rings. The van der Waals surface area contributed by atoms with Gasteiger partial charge in [-0.1, -0.05) is 76.6 Å². The number of rotatable bonds is 5. The molecule has 1 aromatic heterocycles. The largest absolute Gasteiger partial charge is 0.489 e. The van der Waals surface area contributed by atoms with Crippen molar-refractivity contribution in [2.75, 3.05) is 4.90 Å². The van der Waals surface area contributed by atoms with Crippen LogP contribution in [0.15, 0.2) is 82.6 Å². The molecule has 0 bridgehead atoms. The number of thiazole rings is 1. The Morgan fingerprint density at radius 3 is 2.27 bits per heavy atom. The molecular formula is C27H18Cl2N2O4S2. The highest BCUT2D eigenvalue weighted by molar-refractivity contribution is 8.00. The summed E-state index contributed by atoms with van der Waals surface area (Å²) in [4.78, 5) is 44.4. The third kappa shape index (κ3) is 4.38. The van der Waals surface area contributed by atoms with Gasteiger partial charge in [0, 0.05) is 26.4 Å². The van der Waals surface area contributed by atoms with Gasteiger partial charge in [-0.2, -0.15) is 0 Å². The first kappa shape index (κ1) is 24.3. The number of carbonyl (C=O) groups is 2. The van der Waals surface area contributed by atoms with E-state index in [0.717, 1.165) is 27.3 Å². The quantitative estimate of drug-likeness (QED) is 0.293. The van der Waals surface area contributed by atoms with Gasteiger partial charge < -0.3 is 9.72 Å². The van der Waals surface area contributed by atoms with E-state index in [1.807, 2.05) is 36.4 Å².